The Morgan fingerprint density at radius 2 is 1.00 bits per heavy atom. The van der Waals surface area contributed by atoms with Gasteiger partial charge in [0.2, 0.25) is 43.8 Å². The van der Waals surface area contributed by atoms with Crippen LogP contribution in [0.15, 0.2) is 194 Å². The number of aliphatic hydroxyl groups excluding tert-OH is 4. The van der Waals surface area contributed by atoms with E-state index in [2.05, 4.69) is 53.3 Å². The number of aromatic nitrogens is 4. The average Bonchev–Trinajstić information content (AvgIpc) is 0.790. The summed E-state index contributed by atoms with van der Waals surface area (Å²) in [4.78, 5) is 111. The first-order valence-corrected chi connectivity index (χ1v) is 51.9. The third-order valence-corrected chi connectivity index (χ3v) is 26.3. The van der Waals surface area contributed by atoms with Gasteiger partial charge in [0, 0.05) is 81.7 Å². The average molecular weight is 2060 g/mol. The number of aliphatic hydroxyl groups is 4. The number of thioether (sulfide) groups is 2. The van der Waals surface area contributed by atoms with Crippen molar-refractivity contribution in [3.8, 4) is 39.8 Å². The van der Waals surface area contributed by atoms with Gasteiger partial charge in [-0.2, -0.15) is 0 Å². The number of carboxylic acids is 2. The number of rotatable bonds is 40. The molecule has 2 fully saturated rings. The van der Waals surface area contributed by atoms with Crippen molar-refractivity contribution in [2.75, 3.05) is 62.7 Å². The minimum atomic E-state index is -3.66. The number of benzene rings is 8. The van der Waals surface area contributed by atoms with Crippen molar-refractivity contribution in [2.24, 2.45) is 0 Å². The number of hydrogen-bond donors (Lipinski definition) is 10. The molecule has 2 aromatic heterocycles. The van der Waals surface area contributed by atoms with Crippen LogP contribution < -0.4 is 44.1 Å². The van der Waals surface area contributed by atoms with E-state index in [-0.39, 0.29) is 70.7 Å². The third kappa shape index (κ3) is 37.5. The molecule has 6 amide bonds. The van der Waals surface area contributed by atoms with Crippen LogP contribution in [-0.4, -0.2) is 209 Å². The van der Waals surface area contributed by atoms with E-state index in [4.69, 9.17) is 29.2 Å². The van der Waals surface area contributed by atoms with E-state index < -0.39 is 91.1 Å². The molecule has 8 aromatic carbocycles. The lowest BCUT2D eigenvalue weighted by Gasteiger charge is -2.21. The number of anilines is 2. The van der Waals surface area contributed by atoms with Gasteiger partial charge < -0.3 is 60.2 Å². The van der Waals surface area contributed by atoms with Gasteiger partial charge in [-0.25, -0.2) is 59.0 Å². The van der Waals surface area contributed by atoms with Gasteiger partial charge in [0.1, 0.15) is 28.9 Å². The van der Waals surface area contributed by atoms with Crippen molar-refractivity contribution >= 4 is 114 Å². The molecule has 144 heavy (non-hydrogen) atoms. The molecule has 10 aromatic rings. The lowest BCUT2D eigenvalue weighted by atomic mass is 9.95. The fourth-order valence-electron chi connectivity index (χ4n) is 14.2. The van der Waals surface area contributed by atoms with E-state index in [0.29, 0.717) is 125 Å². The lowest BCUT2D eigenvalue weighted by molar-refractivity contribution is -0.150. The summed E-state index contributed by atoms with van der Waals surface area (Å²) in [5.41, 5.74) is 13.5. The van der Waals surface area contributed by atoms with Crippen LogP contribution in [0.4, 0.5) is 30.3 Å². The van der Waals surface area contributed by atoms with E-state index in [9.17, 15) is 84.4 Å². The van der Waals surface area contributed by atoms with E-state index in [0.717, 1.165) is 95.8 Å². The van der Waals surface area contributed by atoms with Gasteiger partial charge in [0.05, 0.1) is 109 Å². The van der Waals surface area contributed by atoms with Crippen molar-refractivity contribution in [1.82, 2.24) is 41.2 Å². The Morgan fingerprint density at radius 3 is 1.44 bits per heavy atom. The van der Waals surface area contributed by atoms with Crippen LogP contribution in [0.3, 0.4) is 0 Å². The molecule has 4 heterocycles. The number of aryl methyl sites for hydroxylation is 3. The predicted octanol–water partition coefficient (Wildman–Crippen LogP) is 16.1. The maximum atomic E-state index is 13.8. The highest BCUT2D eigenvalue weighted by molar-refractivity contribution is 8.15. The van der Waals surface area contributed by atoms with Crippen LogP contribution in [0.2, 0.25) is 0 Å². The normalized spacial score (nSPS) is 14.3. The molecule has 2 saturated heterocycles. The van der Waals surface area contributed by atoms with Gasteiger partial charge >= 0.3 is 11.9 Å². The second-order valence-electron chi connectivity index (χ2n) is 34.0. The molecule has 0 aliphatic carbocycles. The Balaban J connectivity index is 0.000000244. The molecular formula is C106H128F2N10O22S4. The number of carbonyl (C=O) groups is 8. The van der Waals surface area contributed by atoms with E-state index in [1.807, 2.05) is 153 Å². The molecular weight excluding hydrogens is 1930 g/mol. The monoisotopic (exact) mass is 2060 g/mol. The molecule has 2 unspecified atom stereocenters. The molecule has 0 saturated carbocycles. The zero-order valence-electron chi connectivity index (χ0n) is 83.6. The highest BCUT2D eigenvalue weighted by Gasteiger charge is 2.35. The first-order chi connectivity index (χ1) is 68.2. The van der Waals surface area contributed by atoms with E-state index >= 15 is 0 Å². The molecule has 7 atom stereocenters. The number of aliphatic carboxylic acids is 2. The van der Waals surface area contributed by atoms with Crippen molar-refractivity contribution in [1.29, 1.82) is 0 Å². The van der Waals surface area contributed by atoms with E-state index in [1.165, 1.54) is 70.3 Å². The molecule has 0 spiro atoms. The lowest BCUT2D eigenvalue weighted by Crippen LogP contribution is -2.27. The number of carboxylic acid groups (broad SMARTS) is 2. The summed E-state index contributed by atoms with van der Waals surface area (Å²) < 4.78 is 99.1. The number of ether oxygens (including phenoxy) is 4. The van der Waals surface area contributed by atoms with Crippen molar-refractivity contribution in [3.63, 3.8) is 0 Å². The summed E-state index contributed by atoms with van der Waals surface area (Å²) >= 11 is 1.94. The summed E-state index contributed by atoms with van der Waals surface area (Å²) in [6.07, 6.45) is 5.51. The van der Waals surface area contributed by atoms with E-state index in [1.54, 1.807) is 80.6 Å². The quantitative estimate of drug-likeness (QED) is 0.0170. The van der Waals surface area contributed by atoms with Crippen LogP contribution in [0, 0.1) is 32.4 Å². The van der Waals surface area contributed by atoms with Crippen molar-refractivity contribution < 1.29 is 114 Å². The summed E-state index contributed by atoms with van der Waals surface area (Å²) in [6.45, 7) is 22.7. The van der Waals surface area contributed by atoms with Gasteiger partial charge in [-0.3, -0.25) is 44.2 Å². The number of amides is 6. The van der Waals surface area contributed by atoms with Crippen LogP contribution in [0.1, 0.15) is 186 Å². The molecule has 10 N–H and O–H groups in total. The number of nitrogens with zero attached hydrogens (tertiary/aromatic N) is 6. The predicted molar refractivity (Wildman–Crippen MR) is 556 cm³/mol. The molecule has 12 rings (SSSR count). The summed E-state index contributed by atoms with van der Waals surface area (Å²) in [5, 5.41) is 66.7. The molecule has 2 aliphatic rings. The van der Waals surface area contributed by atoms with Gasteiger partial charge in [0.15, 0.2) is 6.10 Å². The minimum Gasteiger partial charge on any atom is -0.496 e. The zero-order valence-corrected chi connectivity index (χ0v) is 86.9. The maximum Gasteiger partial charge on any atom is 0.333 e. The Labute approximate surface area is 848 Å². The summed E-state index contributed by atoms with van der Waals surface area (Å²) in [5.74, 6) is -2.69. The number of hydrogen-bond acceptors (Lipinski definition) is 26. The molecule has 0 bridgehead atoms. The minimum absolute atomic E-state index is 0.00429. The fourth-order valence-corrected chi connectivity index (χ4v) is 16.7. The molecule has 32 nitrogen and oxygen atoms in total. The van der Waals surface area contributed by atoms with Crippen LogP contribution in [0.25, 0.3) is 34.7 Å². The molecule has 2 aliphatic heterocycles. The van der Waals surface area contributed by atoms with Crippen LogP contribution in [0.5, 0.6) is 17.2 Å². The first kappa shape index (κ1) is 118. The number of halogens is 2. The van der Waals surface area contributed by atoms with Gasteiger partial charge in [-0.1, -0.05) is 211 Å². The number of imide groups is 2. The Kier molecular flexibility index (Phi) is 46.9. The third-order valence-electron chi connectivity index (χ3n) is 22.0. The maximum absolute atomic E-state index is 13.8. The molecule has 772 valence electrons. The van der Waals surface area contributed by atoms with Gasteiger partial charge in [0.25, 0.3) is 22.3 Å². The summed E-state index contributed by atoms with van der Waals surface area (Å²) in [7, 11) is -1.55. The zero-order chi connectivity index (χ0) is 106. The highest BCUT2D eigenvalue weighted by atomic mass is 32.2. The summed E-state index contributed by atoms with van der Waals surface area (Å²) in [6, 6.07) is 53.8. The highest BCUT2D eigenvalue weighted by Crippen LogP contribution is 2.37. The smallest absolute Gasteiger partial charge is 0.333 e. The number of carbonyl (C=O) groups excluding carboxylic acids is 6. The number of methoxy groups -OCH3 is 2. The second kappa shape index (κ2) is 57.3. The topological polar surface area (TPSA) is 469 Å². The molecule has 0 radical (unpaired) electrons. The van der Waals surface area contributed by atoms with Crippen molar-refractivity contribution in [3.05, 3.63) is 289 Å². The second-order valence-corrected chi connectivity index (χ2v) is 40.4. The Morgan fingerprint density at radius 1 is 0.535 bits per heavy atom. The fraction of sp³-hybridized carbons (Fsp3) is 0.358. The number of nitrogens with one attached hydrogen (secondary N) is 4. The largest absolute Gasteiger partial charge is 0.496 e. The SMILES string of the molecule is CC.CCO[C@@H](Cc1ccc(OCCc2ccccc2)cc1)C(=O)O.CC[C@H](O)C[C@H](O)/C=C/c1c(-c2ccc(F)cc2)nc(N(C)S(C)(=O)=O)nc1C(C)C.COc1ccc(CC2SC(=O)NC2=O)cc1C(=O)NCc1ccc(C)cc1.COc1ccc(CC2SC(=O)NC2=O)cc1C(=O)NCc1cccc(C)c1.Cc1cc(F)ccc1-c1nc(N(C)S(C)(=O)=O)nc(C(C)C)c1/C=C/[C@@H](O)C[C@@H](O)CC(=O)O. The Bertz CT molecular complexity index is 6330. The Hall–Kier alpha value is -13.2. The van der Waals surface area contributed by atoms with Gasteiger partial charge in [-0.05, 0) is 177 Å². The van der Waals surface area contributed by atoms with Crippen LogP contribution >= 0.6 is 23.5 Å². The van der Waals surface area contributed by atoms with Crippen molar-refractivity contribution in [2.45, 2.75) is 193 Å². The number of sulfonamides is 2. The standard InChI is InChI=1S/C23H30FN3O6S.C22H30FN3O4S.2C20H20N2O4S.C19H22O4.C2H6/c1-13(2)21-19(9-7-16(28)11-17(29)12-20(30)31)22(18-8-6-15(24)10-14(18)3)26-23(25-21)27(4)34(5,32)33;1-6-17(27)13-18(28)11-12-19-20(14(2)3)24-22(26(4)31(5,29)30)25-21(19)15-7-9-16(23)10-8-15;1-12-3-5-13(6-4-12)11-21-18(23)15-9-14(7-8-16(15)26-2)10-17-19(24)22-20(25)27-17;1-12-4-3-5-14(8-12)11-21-18(23)15-9-13(6-7-16(15)26-2)10-17-19(24)22-20(25)27-17;1-2-22-18(19(20)21)14-16-8-10-17(11-9-16)23-13-12-15-6-4-3-5-7-15;1-2/h6-10,13,16-17,28-29H,11-12H2,1-5H3,(H,30,31);7-12,14,17-18,27-28H,6,13H2,1-5H3;2*3-9,17H,10-11H2,1-2H3,(H,21,23)(H,22,24,25);3-11,18H,2,12-14H2,1H3,(H,20,21);1-2H3/b9-7+;12-11+;;;;/t16-,17-;17-,18+;;;18-;/m10..0./s1. The first-order valence-electron chi connectivity index (χ1n) is 46.4. The van der Waals surface area contributed by atoms with Gasteiger partial charge in [-0.15, -0.1) is 0 Å². The molecule has 38 heteroatoms. The van der Waals surface area contributed by atoms with Crippen LogP contribution in [-0.2, 0) is 82.7 Å².